The zero-order valence-electron chi connectivity index (χ0n) is 17.5. The minimum absolute atomic E-state index is 0. The molecule has 1 aliphatic rings. The molecule has 6 nitrogen and oxygen atoms in total. The number of aliphatic imine (C=N–C) groups is 1. The maximum Gasteiger partial charge on any atom is 0.191 e. The Hall–Kier alpha value is -0.800. The van der Waals surface area contributed by atoms with E-state index in [1.165, 1.54) is 25.9 Å². The Morgan fingerprint density at radius 1 is 1.30 bits per heavy atom. The van der Waals surface area contributed by atoms with Crippen LogP contribution in [-0.4, -0.2) is 54.7 Å². The molecule has 0 bridgehead atoms. The van der Waals surface area contributed by atoms with E-state index in [0.717, 1.165) is 42.6 Å². The molecule has 0 spiro atoms. The number of halogens is 1. The Kier molecular flexibility index (Phi) is 10.1. The fraction of sp³-hybridized carbons (Fsp3) is 0.750. The van der Waals surface area contributed by atoms with Gasteiger partial charge in [-0.2, -0.15) is 0 Å². The van der Waals surface area contributed by atoms with Crippen molar-refractivity contribution in [2.24, 2.45) is 4.99 Å². The quantitative estimate of drug-likeness (QED) is 0.296. The molecule has 0 aliphatic carbocycles. The second-order valence-corrected chi connectivity index (χ2v) is 7.48. The first-order valence-corrected chi connectivity index (χ1v) is 9.93. The van der Waals surface area contributed by atoms with E-state index >= 15 is 0 Å². The van der Waals surface area contributed by atoms with Crippen LogP contribution in [0.4, 0.5) is 0 Å². The van der Waals surface area contributed by atoms with Crippen LogP contribution in [-0.2, 0) is 5.60 Å². The van der Waals surface area contributed by atoms with Gasteiger partial charge in [-0.1, -0.05) is 6.92 Å². The fourth-order valence-electron chi connectivity index (χ4n) is 3.68. The van der Waals surface area contributed by atoms with E-state index in [1.807, 2.05) is 19.9 Å². The molecule has 1 fully saturated rings. The number of aliphatic hydroxyl groups is 1. The molecule has 27 heavy (non-hydrogen) atoms. The van der Waals surface area contributed by atoms with Crippen molar-refractivity contribution < 1.29 is 9.52 Å². The molecule has 156 valence electrons. The highest BCUT2D eigenvalue weighted by molar-refractivity contribution is 14.0. The number of nitrogens with zero attached hydrogens (tertiary/aromatic N) is 2. The van der Waals surface area contributed by atoms with Crippen LogP contribution in [0.2, 0.25) is 0 Å². The van der Waals surface area contributed by atoms with E-state index in [-0.39, 0.29) is 30.5 Å². The molecule has 2 heterocycles. The third-order valence-electron chi connectivity index (χ3n) is 5.14. The van der Waals surface area contributed by atoms with Crippen LogP contribution in [0.3, 0.4) is 0 Å². The van der Waals surface area contributed by atoms with Gasteiger partial charge in [0.1, 0.15) is 17.1 Å². The normalized spacial score (nSPS) is 18.7. The number of furan rings is 1. The van der Waals surface area contributed by atoms with E-state index in [2.05, 4.69) is 34.4 Å². The van der Waals surface area contributed by atoms with Gasteiger partial charge in [0, 0.05) is 24.7 Å². The Balaban J connectivity index is 0.00000364. The Bertz CT molecular complexity index is 595. The summed E-state index contributed by atoms with van der Waals surface area (Å²) in [5.41, 5.74) is -0.248. The minimum Gasteiger partial charge on any atom is -0.466 e. The minimum atomic E-state index is -1.05. The van der Waals surface area contributed by atoms with E-state index in [9.17, 15) is 5.11 Å². The summed E-state index contributed by atoms with van der Waals surface area (Å²) in [6.45, 7) is 14.2. The standard InChI is InChI=1S/C20H36N4O2.HI/c1-6-17(24-10-8-9-11-24)13-22-19(21-7-2)23-14-20(5,25)18-12-15(3)26-16(18)4;/h12,17,25H,6-11,13-14H2,1-5H3,(H2,21,22,23);1H. The second-order valence-electron chi connectivity index (χ2n) is 7.48. The highest BCUT2D eigenvalue weighted by atomic mass is 127. The van der Waals surface area contributed by atoms with Crippen molar-refractivity contribution in [2.75, 3.05) is 32.7 Å². The van der Waals surface area contributed by atoms with Crippen molar-refractivity contribution in [3.8, 4) is 0 Å². The van der Waals surface area contributed by atoms with Gasteiger partial charge in [0.25, 0.3) is 0 Å². The third kappa shape index (κ3) is 6.94. The van der Waals surface area contributed by atoms with E-state index in [1.54, 1.807) is 6.92 Å². The summed E-state index contributed by atoms with van der Waals surface area (Å²) in [4.78, 5) is 7.19. The topological polar surface area (TPSA) is 73.0 Å². The predicted molar refractivity (Wildman–Crippen MR) is 122 cm³/mol. The maximum atomic E-state index is 10.9. The van der Waals surface area contributed by atoms with Gasteiger partial charge in [-0.15, -0.1) is 24.0 Å². The molecule has 1 aromatic rings. The van der Waals surface area contributed by atoms with Crippen molar-refractivity contribution in [1.82, 2.24) is 15.5 Å². The summed E-state index contributed by atoms with van der Waals surface area (Å²) >= 11 is 0. The molecule has 2 unspecified atom stereocenters. The van der Waals surface area contributed by atoms with Gasteiger partial charge in [-0.05, 0) is 66.1 Å². The van der Waals surface area contributed by atoms with E-state index in [4.69, 9.17) is 4.42 Å². The molecule has 1 saturated heterocycles. The van der Waals surface area contributed by atoms with Crippen molar-refractivity contribution in [1.29, 1.82) is 0 Å². The molecule has 1 aromatic heterocycles. The van der Waals surface area contributed by atoms with Gasteiger partial charge >= 0.3 is 0 Å². The monoisotopic (exact) mass is 492 g/mol. The van der Waals surface area contributed by atoms with Crippen molar-refractivity contribution in [3.05, 3.63) is 23.2 Å². The number of hydrogen-bond donors (Lipinski definition) is 3. The first kappa shape index (κ1) is 24.2. The summed E-state index contributed by atoms with van der Waals surface area (Å²) in [7, 11) is 0. The van der Waals surface area contributed by atoms with Crippen LogP contribution in [0.25, 0.3) is 0 Å². The van der Waals surface area contributed by atoms with E-state index < -0.39 is 5.60 Å². The Morgan fingerprint density at radius 3 is 2.48 bits per heavy atom. The zero-order valence-corrected chi connectivity index (χ0v) is 19.8. The molecular weight excluding hydrogens is 455 g/mol. The first-order valence-electron chi connectivity index (χ1n) is 9.93. The summed E-state index contributed by atoms with van der Waals surface area (Å²) in [5.74, 6) is 2.31. The first-order chi connectivity index (χ1) is 12.4. The van der Waals surface area contributed by atoms with Gasteiger partial charge in [0.15, 0.2) is 5.96 Å². The average Bonchev–Trinajstić information content (AvgIpc) is 3.23. The summed E-state index contributed by atoms with van der Waals surface area (Å²) in [6, 6.07) is 2.42. The lowest BCUT2D eigenvalue weighted by Crippen LogP contribution is -2.46. The maximum absolute atomic E-state index is 10.9. The van der Waals surface area contributed by atoms with Crippen LogP contribution >= 0.6 is 24.0 Å². The molecule has 0 radical (unpaired) electrons. The fourth-order valence-corrected chi connectivity index (χ4v) is 3.68. The summed E-state index contributed by atoms with van der Waals surface area (Å²) in [6.07, 6.45) is 3.73. The number of aryl methyl sites for hydroxylation is 2. The molecule has 0 aromatic carbocycles. The lowest BCUT2D eigenvalue weighted by Gasteiger charge is -2.27. The van der Waals surface area contributed by atoms with Gasteiger partial charge in [-0.25, -0.2) is 4.99 Å². The molecule has 1 aliphatic heterocycles. The molecular formula is C20H37IN4O2. The van der Waals surface area contributed by atoms with Crippen LogP contribution in [0.5, 0.6) is 0 Å². The predicted octanol–water partition coefficient (Wildman–Crippen LogP) is 3.15. The van der Waals surface area contributed by atoms with Crippen LogP contribution in [0.15, 0.2) is 15.5 Å². The number of rotatable bonds is 8. The zero-order chi connectivity index (χ0) is 19.2. The largest absolute Gasteiger partial charge is 0.466 e. The number of guanidine groups is 1. The van der Waals surface area contributed by atoms with Gasteiger partial charge < -0.3 is 20.2 Å². The molecule has 0 saturated carbocycles. The van der Waals surface area contributed by atoms with Gasteiger partial charge in [-0.3, -0.25) is 4.90 Å². The summed E-state index contributed by atoms with van der Waals surface area (Å²) < 4.78 is 5.56. The van der Waals surface area contributed by atoms with Crippen molar-refractivity contribution in [3.63, 3.8) is 0 Å². The average molecular weight is 492 g/mol. The molecule has 2 rings (SSSR count). The lowest BCUT2D eigenvalue weighted by molar-refractivity contribution is 0.0657. The highest BCUT2D eigenvalue weighted by Crippen LogP contribution is 2.27. The molecule has 2 atom stereocenters. The SMILES string of the molecule is CCNC(=NCC(C)(O)c1cc(C)oc1C)NCC(CC)N1CCCC1.I. The Labute approximate surface area is 181 Å². The Morgan fingerprint density at radius 2 is 1.96 bits per heavy atom. The molecule has 3 N–H and O–H groups in total. The van der Waals surface area contributed by atoms with Gasteiger partial charge in [0.05, 0.1) is 6.54 Å². The number of nitrogens with one attached hydrogen (secondary N) is 2. The highest BCUT2D eigenvalue weighted by Gasteiger charge is 2.28. The van der Waals surface area contributed by atoms with Crippen LogP contribution in [0, 0.1) is 13.8 Å². The molecule has 7 heteroatoms. The van der Waals surface area contributed by atoms with E-state index in [0.29, 0.717) is 6.04 Å². The molecule has 0 amide bonds. The lowest BCUT2D eigenvalue weighted by atomic mass is 9.96. The number of hydrogen-bond acceptors (Lipinski definition) is 4. The smallest absolute Gasteiger partial charge is 0.191 e. The van der Waals surface area contributed by atoms with Crippen LogP contribution in [0.1, 0.15) is 57.1 Å². The van der Waals surface area contributed by atoms with Crippen molar-refractivity contribution in [2.45, 2.75) is 65.5 Å². The third-order valence-corrected chi connectivity index (χ3v) is 5.14. The second kappa shape index (κ2) is 11.3. The number of likely N-dealkylation sites (tertiary alicyclic amines) is 1. The van der Waals surface area contributed by atoms with Crippen molar-refractivity contribution >= 4 is 29.9 Å². The van der Waals surface area contributed by atoms with Gasteiger partial charge in [0.2, 0.25) is 0 Å². The summed E-state index contributed by atoms with van der Waals surface area (Å²) in [5, 5.41) is 17.6. The van der Waals surface area contributed by atoms with Crippen LogP contribution < -0.4 is 10.6 Å².